The van der Waals surface area contributed by atoms with Crippen LogP contribution < -0.4 is 0 Å². The lowest BCUT2D eigenvalue weighted by Crippen LogP contribution is -2.33. The van der Waals surface area contributed by atoms with Crippen LogP contribution in [0.1, 0.15) is 21.8 Å². The molecule has 0 amide bonds. The van der Waals surface area contributed by atoms with Crippen molar-refractivity contribution in [3.8, 4) is 0 Å². The predicted molar refractivity (Wildman–Crippen MR) is 78.8 cm³/mol. The number of rotatable bonds is 3. The third-order valence-corrected chi connectivity index (χ3v) is 3.54. The Labute approximate surface area is 118 Å². The molecular formula is C18H16O2. The molecule has 100 valence electrons. The van der Waals surface area contributed by atoms with Gasteiger partial charge in [0.25, 0.3) is 0 Å². The smallest absolute Gasteiger partial charge is 0.192 e. The molecule has 1 heterocycles. The van der Waals surface area contributed by atoms with Crippen LogP contribution >= 0.6 is 0 Å². The second-order valence-corrected chi connectivity index (χ2v) is 4.85. The third kappa shape index (κ3) is 2.56. The highest BCUT2D eigenvalue weighted by Gasteiger charge is 2.31. The van der Waals surface area contributed by atoms with Gasteiger partial charge in [-0.2, -0.15) is 0 Å². The minimum atomic E-state index is -0.440. The zero-order chi connectivity index (χ0) is 13.8. The average molecular weight is 264 g/mol. The van der Waals surface area contributed by atoms with Gasteiger partial charge >= 0.3 is 0 Å². The van der Waals surface area contributed by atoms with E-state index in [2.05, 4.69) is 6.08 Å². The number of benzene rings is 2. The second-order valence-electron chi connectivity index (χ2n) is 4.85. The van der Waals surface area contributed by atoms with Gasteiger partial charge in [-0.05, 0) is 5.56 Å². The van der Waals surface area contributed by atoms with Crippen LogP contribution in [-0.4, -0.2) is 18.5 Å². The number of carbonyl (C=O) groups is 1. The summed E-state index contributed by atoms with van der Waals surface area (Å²) in [7, 11) is 0. The van der Waals surface area contributed by atoms with E-state index in [1.807, 2.05) is 66.7 Å². The van der Waals surface area contributed by atoms with E-state index in [9.17, 15) is 4.79 Å². The molecule has 0 fully saturated rings. The van der Waals surface area contributed by atoms with E-state index in [1.165, 1.54) is 0 Å². The first-order valence-corrected chi connectivity index (χ1v) is 6.79. The van der Waals surface area contributed by atoms with Gasteiger partial charge in [0.1, 0.15) is 6.10 Å². The summed E-state index contributed by atoms with van der Waals surface area (Å²) < 4.78 is 5.72. The highest BCUT2D eigenvalue weighted by Crippen LogP contribution is 2.28. The Kier molecular flexibility index (Phi) is 3.75. The Hall–Kier alpha value is -2.19. The van der Waals surface area contributed by atoms with E-state index in [-0.39, 0.29) is 11.7 Å². The fourth-order valence-corrected chi connectivity index (χ4v) is 2.53. The van der Waals surface area contributed by atoms with Crippen molar-refractivity contribution in [3.63, 3.8) is 0 Å². The first-order valence-electron chi connectivity index (χ1n) is 6.79. The molecule has 0 aromatic heterocycles. The molecular weight excluding hydrogens is 248 g/mol. The van der Waals surface area contributed by atoms with Crippen molar-refractivity contribution in [3.05, 3.63) is 83.9 Å². The summed E-state index contributed by atoms with van der Waals surface area (Å²) >= 11 is 0. The van der Waals surface area contributed by atoms with Gasteiger partial charge in [0.15, 0.2) is 5.78 Å². The first kappa shape index (κ1) is 12.8. The van der Waals surface area contributed by atoms with Crippen LogP contribution in [-0.2, 0) is 4.74 Å². The molecule has 0 aliphatic carbocycles. The maximum atomic E-state index is 12.6. The van der Waals surface area contributed by atoms with Gasteiger partial charge in [-0.15, -0.1) is 0 Å². The van der Waals surface area contributed by atoms with Crippen LogP contribution in [0, 0.1) is 0 Å². The summed E-state index contributed by atoms with van der Waals surface area (Å²) in [4.78, 5) is 12.6. The quantitative estimate of drug-likeness (QED) is 0.625. The first-order chi connectivity index (χ1) is 9.86. The van der Waals surface area contributed by atoms with E-state index in [0.717, 1.165) is 5.56 Å². The Bertz CT molecular complexity index is 602. The van der Waals surface area contributed by atoms with Crippen molar-refractivity contribution >= 4 is 5.78 Å². The van der Waals surface area contributed by atoms with E-state index >= 15 is 0 Å². The predicted octanol–water partition coefficient (Wildman–Crippen LogP) is 3.61. The summed E-state index contributed by atoms with van der Waals surface area (Å²) in [6.45, 7) is 0.493. The minimum absolute atomic E-state index is 0.0161. The Morgan fingerprint density at radius 3 is 2.30 bits per heavy atom. The number of carbonyl (C=O) groups excluding carboxylic acids is 1. The highest BCUT2D eigenvalue weighted by molar-refractivity contribution is 6.00. The largest absolute Gasteiger partial charge is 0.365 e. The lowest BCUT2D eigenvalue weighted by molar-refractivity contribution is 0.0412. The number of hydrogen-bond donors (Lipinski definition) is 0. The van der Waals surface area contributed by atoms with Crippen LogP contribution in [0.15, 0.2) is 72.8 Å². The van der Waals surface area contributed by atoms with Crippen molar-refractivity contribution < 1.29 is 9.53 Å². The van der Waals surface area contributed by atoms with Gasteiger partial charge < -0.3 is 4.74 Å². The maximum absolute atomic E-state index is 12.6. The monoisotopic (exact) mass is 264 g/mol. The summed E-state index contributed by atoms with van der Waals surface area (Å²) in [5.74, 6) is 0.0291. The lowest BCUT2D eigenvalue weighted by Gasteiger charge is -2.27. The molecule has 1 aliphatic heterocycles. The summed E-state index contributed by atoms with van der Waals surface area (Å²) in [6.07, 6.45) is 3.61. The van der Waals surface area contributed by atoms with Gasteiger partial charge in [-0.1, -0.05) is 72.8 Å². The average Bonchev–Trinajstić information content (AvgIpc) is 2.56. The molecule has 20 heavy (non-hydrogen) atoms. The fourth-order valence-electron chi connectivity index (χ4n) is 2.53. The molecule has 2 heteroatoms. The summed E-state index contributed by atoms with van der Waals surface area (Å²) in [6, 6.07) is 19.4. The van der Waals surface area contributed by atoms with Gasteiger partial charge in [0.2, 0.25) is 0 Å². The molecule has 0 radical (unpaired) electrons. The van der Waals surface area contributed by atoms with E-state index < -0.39 is 6.10 Å². The van der Waals surface area contributed by atoms with Crippen molar-refractivity contribution in [2.45, 2.75) is 12.0 Å². The van der Waals surface area contributed by atoms with E-state index in [0.29, 0.717) is 12.2 Å². The molecule has 0 N–H and O–H groups in total. The Morgan fingerprint density at radius 1 is 0.950 bits per heavy atom. The standard InChI is InChI=1S/C18H16O2/c19-17(15-10-5-2-6-11-15)18-16(12-7-13-20-18)14-8-3-1-4-9-14/h1-12,16,18H,13H2/t16-,18+/m1/s1. The molecule has 3 rings (SSSR count). The highest BCUT2D eigenvalue weighted by atomic mass is 16.5. The van der Waals surface area contributed by atoms with Crippen molar-refractivity contribution in [2.24, 2.45) is 0 Å². The second kappa shape index (κ2) is 5.85. The van der Waals surface area contributed by atoms with Gasteiger partial charge in [-0.3, -0.25) is 4.79 Å². The number of hydrogen-bond acceptors (Lipinski definition) is 2. The maximum Gasteiger partial charge on any atom is 0.192 e. The molecule has 0 unspecified atom stereocenters. The molecule has 1 aliphatic rings. The van der Waals surface area contributed by atoms with Gasteiger partial charge in [0, 0.05) is 11.5 Å². The number of ether oxygens (including phenoxy) is 1. The molecule has 0 saturated carbocycles. The molecule has 0 bridgehead atoms. The summed E-state index contributed by atoms with van der Waals surface area (Å²) in [5, 5.41) is 0. The molecule has 2 aromatic carbocycles. The Morgan fingerprint density at radius 2 is 1.60 bits per heavy atom. The fraction of sp³-hybridized carbons (Fsp3) is 0.167. The van der Waals surface area contributed by atoms with Gasteiger partial charge in [-0.25, -0.2) is 0 Å². The van der Waals surface area contributed by atoms with Crippen LogP contribution in [0.25, 0.3) is 0 Å². The molecule has 0 saturated heterocycles. The Balaban J connectivity index is 1.91. The molecule has 2 nitrogen and oxygen atoms in total. The van der Waals surface area contributed by atoms with Crippen molar-refractivity contribution in [1.82, 2.24) is 0 Å². The van der Waals surface area contributed by atoms with Crippen molar-refractivity contribution in [1.29, 1.82) is 0 Å². The topological polar surface area (TPSA) is 26.3 Å². The SMILES string of the molecule is O=C(c1ccccc1)[C@H]1OCC=C[C@@H]1c1ccccc1. The summed E-state index contributed by atoms with van der Waals surface area (Å²) in [5.41, 5.74) is 1.81. The van der Waals surface area contributed by atoms with E-state index in [1.54, 1.807) is 0 Å². The lowest BCUT2D eigenvalue weighted by atomic mass is 9.87. The molecule has 2 aromatic rings. The third-order valence-electron chi connectivity index (χ3n) is 3.54. The number of Topliss-reactive ketones (excluding diaryl/α,β-unsaturated/α-hetero) is 1. The molecule has 0 spiro atoms. The van der Waals surface area contributed by atoms with Crippen LogP contribution in [0.5, 0.6) is 0 Å². The molecule has 2 atom stereocenters. The zero-order valence-corrected chi connectivity index (χ0v) is 11.1. The normalized spacial score (nSPS) is 21.6. The minimum Gasteiger partial charge on any atom is -0.365 e. The van der Waals surface area contributed by atoms with Crippen LogP contribution in [0.2, 0.25) is 0 Å². The van der Waals surface area contributed by atoms with Crippen LogP contribution in [0.3, 0.4) is 0 Å². The van der Waals surface area contributed by atoms with Crippen LogP contribution in [0.4, 0.5) is 0 Å². The van der Waals surface area contributed by atoms with E-state index in [4.69, 9.17) is 4.74 Å². The zero-order valence-electron chi connectivity index (χ0n) is 11.1. The van der Waals surface area contributed by atoms with Gasteiger partial charge in [0.05, 0.1) is 6.61 Å². The number of ketones is 1. The van der Waals surface area contributed by atoms with Crippen molar-refractivity contribution in [2.75, 3.05) is 6.61 Å².